The van der Waals surface area contributed by atoms with E-state index >= 15 is 0 Å². The molecule has 0 spiro atoms. The number of methoxy groups -OCH3 is 1. The van der Waals surface area contributed by atoms with Crippen molar-refractivity contribution < 1.29 is 9.53 Å². The highest BCUT2D eigenvalue weighted by Crippen LogP contribution is 2.56. The van der Waals surface area contributed by atoms with Crippen LogP contribution >= 0.6 is 0 Å². The van der Waals surface area contributed by atoms with E-state index in [1.54, 1.807) is 0 Å². The molecular formula is C9H15NO2. The second kappa shape index (κ2) is 2.22. The molecule has 3 rings (SSSR count). The lowest BCUT2D eigenvalue weighted by Gasteiger charge is -2.57. The highest BCUT2D eigenvalue weighted by Gasteiger charge is 2.59. The quantitative estimate of drug-likeness (QED) is 0.582. The fraction of sp³-hybridized carbons (Fsp3) is 0.889. The van der Waals surface area contributed by atoms with Crippen LogP contribution in [-0.4, -0.2) is 26.2 Å². The molecule has 2 bridgehead atoms. The highest BCUT2D eigenvalue weighted by atomic mass is 16.5. The van der Waals surface area contributed by atoms with Gasteiger partial charge in [-0.05, 0) is 18.3 Å². The minimum atomic E-state index is -0.179. The summed E-state index contributed by atoms with van der Waals surface area (Å²) in [5.41, 5.74) is 0.175. The van der Waals surface area contributed by atoms with Crippen LogP contribution in [-0.2, 0) is 9.53 Å². The van der Waals surface area contributed by atoms with Gasteiger partial charge in [0.25, 0.3) is 0 Å². The van der Waals surface area contributed by atoms with Crippen LogP contribution in [0.1, 0.15) is 19.8 Å². The van der Waals surface area contributed by atoms with Crippen molar-refractivity contribution in [1.29, 1.82) is 0 Å². The smallest absolute Gasteiger partial charge is 0.313 e. The molecule has 1 saturated carbocycles. The number of ether oxygens (including phenoxy) is 1. The predicted octanol–water partition coefficient (Wildman–Crippen LogP) is 0.549. The van der Waals surface area contributed by atoms with Crippen molar-refractivity contribution in [1.82, 2.24) is 5.32 Å². The zero-order valence-corrected chi connectivity index (χ0v) is 7.64. The maximum Gasteiger partial charge on any atom is 0.313 e. The predicted molar refractivity (Wildman–Crippen MR) is 44.7 cm³/mol. The molecule has 0 atom stereocenters. The van der Waals surface area contributed by atoms with Gasteiger partial charge in [-0.15, -0.1) is 0 Å². The van der Waals surface area contributed by atoms with Gasteiger partial charge >= 0.3 is 5.97 Å². The van der Waals surface area contributed by atoms with Gasteiger partial charge in [-0.3, -0.25) is 4.79 Å². The zero-order chi connectivity index (χ0) is 8.82. The molecule has 0 amide bonds. The van der Waals surface area contributed by atoms with Crippen LogP contribution in [0.4, 0.5) is 0 Å². The normalized spacial score (nSPS) is 44.8. The number of nitrogens with one attached hydrogen (secondary N) is 1. The van der Waals surface area contributed by atoms with E-state index < -0.39 is 0 Å². The van der Waals surface area contributed by atoms with Crippen LogP contribution in [0.15, 0.2) is 0 Å². The number of hydrogen-bond donors (Lipinski definition) is 1. The van der Waals surface area contributed by atoms with E-state index in [9.17, 15) is 4.79 Å². The second-order valence-electron chi connectivity index (χ2n) is 4.54. The monoisotopic (exact) mass is 169 g/mol. The topological polar surface area (TPSA) is 38.3 Å². The van der Waals surface area contributed by atoms with Gasteiger partial charge in [0.2, 0.25) is 0 Å². The number of rotatable bonds is 1. The van der Waals surface area contributed by atoms with Crippen molar-refractivity contribution in [3.05, 3.63) is 0 Å². The Morgan fingerprint density at radius 3 is 2.58 bits per heavy atom. The SMILES string of the molecule is COC(=O)C12CNCC(C)(C1)C2. The number of esters is 1. The van der Waals surface area contributed by atoms with E-state index in [1.807, 2.05) is 0 Å². The molecule has 0 aromatic carbocycles. The van der Waals surface area contributed by atoms with E-state index in [1.165, 1.54) is 7.11 Å². The molecule has 68 valence electrons. The summed E-state index contributed by atoms with van der Waals surface area (Å²) in [6.07, 6.45) is 2.00. The molecule has 3 heteroatoms. The van der Waals surface area contributed by atoms with Crippen LogP contribution in [0, 0.1) is 10.8 Å². The third kappa shape index (κ3) is 0.891. The fourth-order valence-electron chi connectivity index (χ4n) is 2.87. The Morgan fingerprint density at radius 2 is 2.08 bits per heavy atom. The van der Waals surface area contributed by atoms with Gasteiger partial charge in [0, 0.05) is 13.1 Å². The lowest BCUT2D eigenvalue weighted by atomic mass is 9.51. The average molecular weight is 169 g/mol. The Bertz CT molecular complexity index is 219. The first-order valence-electron chi connectivity index (χ1n) is 4.39. The van der Waals surface area contributed by atoms with Crippen LogP contribution in [0.25, 0.3) is 0 Å². The molecule has 0 unspecified atom stereocenters. The maximum atomic E-state index is 11.4. The average Bonchev–Trinajstić information content (AvgIpc) is 2.01. The molecule has 0 aromatic rings. The third-order valence-corrected chi connectivity index (χ3v) is 3.16. The minimum Gasteiger partial charge on any atom is -0.469 e. The summed E-state index contributed by atoms with van der Waals surface area (Å²) in [7, 11) is 1.47. The molecule has 0 radical (unpaired) electrons. The molecule has 2 aliphatic heterocycles. The van der Waals surface area contributed by atoms with Crippen molar-refractivity contribution >= 4 is 5.97 Å². The van der Waals surface area contributed by atoms with Crippen molar-refractivity contribution in [3.63, 3.8) is 0 Å². The van der Waals surface area contributed by atoms with Gasteiger partial charge in [0.05, 0.1) is 12.5 Å². The molecule has 3 fully saturated rings. The Kier molecular flexibility index (Phi) is 1.49. The molecule has 0 aromatic heterocycles. The largest absolute Gasteiger partial charge is 0.469 e. The Balaban J connectivity index is 2.11. The van der Waals surface area contributed by atoms with Gasteiger partial charge in [-0.2, -0.15) is 0 Å². The summed E-state index contributed by atoms with van der Waals surface area (Å²) >= 11 is 0. The van der Waals surface area contributed by atoms with E-state index in [4.69, 9.17) is 4.74 Å². The Labute approximate surface area is 72.5 Å². The highest BCUT2D eigenvalue weighted by molar-refractivity contribution is 5.79. The van der Waals surface area contributed by atoms with Crippen molar-refractivity contribution in [3.8, 4) is 0 Å². The second-order valence-corrected chi connectivity index (χ2v) is 4.54. The van der Waals surface area contributed by atoms with Crippen LogP contribution in [0.3, 0.4) is 0 Å². The Hall–Kier alpha value is -0.570. The fourth-order valence-corrected chi connectivity index (χ4v) is 2.87. The van der Waals surface area contributed by atoms with Gasteiger partial charge in [0.15, 0.2) is 0 Å². The van der Waals surface area contributed by atoms with Gasteiger partial charge in [-0.25, -0.2) is 0 Å². The number of piperidine rings is 2. The van der Waals surface area contributed by atoms with Crippen LogP contribution < -0.4 is 5.32 Å². The third-order valence-electron chi connectivity index (χ3n) is 3.16. The van der Waals surface area contributed by atoms with Gasteiger partial charge in [-0.1, -0.05) is 6.92 Å². The summed E-state index contributed by atoms with van der Waals surface area (Å²) in [5.74, 6) is -0.0350. The molecule has 3 nitrogen and oxygen atoms in total. The first kappa shape index (κ1) is 8.05. The summed E-state index contributed by atoms with van der Waals surface area (Å²) in [5, 5.41) is 3.28. The van der Waals surface area contributed by atoms with E-state index in [0.717, 1.165) is 25.9 Å². The number of carbonyl (C=O) groups is 1. The standard InChI is InChI=1S/C9H15NO2/c1-8-3-9(4-8,6-10-5-8)7(11)12-2/h10H,3-6H2,1-2H3. The number of fused-ring (bicyclic) bond motifs is 2. The van der Waals surface area contributed by atoms with E-state index in [2.05, 4.69) is 12.2 Å². The molecule has 2 saturated heterocycles. The van der Waals surface area contributed by atoms with Crippen LogP contribution in [0.2, 0.25) is 0 Å². The number of hydrogen-bond acceptors (Lipinski definition) is 3. The molecular weight excluding hydrogens is 154 g/mol. The lowest BCUT2D eigenvalue weighted by Crippen LogP contribution is -2.64. The lowest BCUT2D eigenvalue weighted by molar-refractivity contribution is -0.173. The van der Waals surface area contributed by atoms with E-state index in [0.29, 0.717) is 5.41 Å². The molecule has 3 aliphatic rings. The Morgan fingerprint density at radius 1 is 1.42 bits per heavy atom. The van der Waals surface area contributed by atoms with Crippen molar-refractivity contribution in [2.24, 2.45) is 10.8 Å². The van der Waals surface area contributed by atoms with Gasteiger partial charge in [0.1, 0.15) is 0 Å². The molecule has 2 heterocycles. The zero-order valence-electron chi connectivity index (χ0n) is 7.64. The van der Waals surface area contributed by atoms with E-state index in [-0.39, 0.29) is 11.4 Å². The van der Waals surface area contributed by atoms with Crippen molar-refractivity contribution in [2.45, 2.75) is 19.8 Å². The molecule has 1 N–H and O–H groups in total. The first-order valence-corrected chi connectivity index (χ1v) is 4.39. The maximum absolute atomic E-state index is 11.4. The van der Waals surface area contributed by atoms with Crippen molar-refractivity contribution in [2.75, 3.05) is 20.2 Å². The minimum absolute atomic E-state index is 0.0350. The van der Waals surface area contributed by atoms with Gasteiger partial charge < -0.3 is 10.1 Å². The van der Waals surface area contributed by atoms with Crippen LogP contribution in [0.5, 0.6) is 0 Å². The summed E-state index contributed by atoms with van der Waals surface area (Å²) < 4.78 is 4.80. The summed E-state index contributed by atoms with van der Waals surface area (Å²) in [4.78, 5) is 11.4. The summed E-state index contributed by atoms with van der Waals surface area (Å²) in [6.45, 7) is 4.07. The molecule has 12 heavy (non-hydrogen) atoms. The first-order chi connectivity index (χ1) is 5.60. The molecule has 1 aliphatic carbocycles. The number of carbonyl (C=O) groups excluding carboxylic acids is 1. The summed E-state index contributed by atoms with van der Waals surface area (Å²) in [6, 6.07) is 0.